The van der Waals surface area contributed by atoms with Gasteiger partial charge in [-0.15, -0.1) is 0 Å². The van der Waals surface area contributed by atoms with Gasteiger partial charge in [-0.25, -0.2) is 4.79 Å². The van der Waals surface area contributed by atoms with Crippen molar-refractivity contribution in [2.45, 2.75) is 86.0 Å². The van der Waals surface area contributed by atoms with Crippen LogP contribution in [0, 0.1) is 5.92 Å². The van der Waals surface area contributed by atoms with E-state index in [1.165, 1.54) is 38.5 Å². The summed E-state index contributed by atoms with van der Waals surface area (Å²) in [5.41, 5.74) is 0.523. The second-order valence-corrected chi connectivity index (χ2v) is 9.90. The summed E-state index contributed by atoms with van der Waals surface area (Å²) in [5, 5.41) is 0. The van der Waals surface area contributed by atoms with E-state index in [-0.39, 0.29) is 18.0 Å². The minimum atomic E-state index is -2.85. The summed E-state index contributed by atoms with van der Waals surface area (Å²) in [5.74, 6) is -0.0851. The topological polar surface area (TPSA) is 52.6 Å². The SMILES string of the molecule is CCCCCCCCC/C=C(\CP(=O)(CC(C)C)OCC)C(=O)OCC. The predicted octanol–water partition coefficient (Wildman–Crippen LogP) is 6.59. The standard InChI is InChI=1S/C21H41O4P/c1-6-9-10-11-12-13-14-15-16-20(21(22)24-7-2)18-26(23,25-8-3)17-19(4)5/h16,19H,6-15,17-18H2,1-5H3/b20-16+. The number of hydrogen-bond donors (Lipinski definition) is 0. The van der Waals surface area contributed by atoms with Gasteiger partial charge in [0, 0.05) is 11.7 Å². The Balaban J connectivity index is 4.72. The predicted molar refractivity (Wildman–Crippen MR) is 111 cm³/mol. The lowest BCUT2D eigenvalue weighted by Crippen LogP contribution is -2.14. The van der Waals surface area contributed by atoms with Gasteiger partial charge in [-0.3, -0.25) is 4.57 Å². The molecule has 4 nitrogen and oxygen atoms in total. The van der Waals surface area contributed by atoms with Crippen molar-refractivity contribution >= 4 is 13.3 Å². The first-order chi connectivity index (χ1) is 12.4. The van der Waals surface area contributed by atoms with Crippen molar-refractivity contribution in [1.82, 2.24) is 0 Å². The van der Waals surface area contributed by atoms with Gasteiger partial charge >= 0.3 is 5.97 Å². The summed E-state index contributed by atoms with van der Waals surface area (Å²) >= 11 is 0. The third kappa shape index (κ3) is 12.7. The molecule has 0 rings (SSSR count). The van der Waals surface area contributed by atoms with Crippen molar-refractivity contribution in [3.05, 3.63) is 11.6 Å². The molecular formula is C21H41O4P. The number of carbonyl (C=O) groups is 1. The Morgan fingerprint density at radius 1 is 0.962 bits per heavy atom. The molecule has 1 atom stereocenters. The first-order valence-electron chi connectivity index (χ1n) is 10.5. The molecule has 26 heavy (non-hydrogen) atoms. The highest BCUT2D eigenvalue weighted by Gasteiger charge is 2.28. The molecule has 5 heteroatoms. The van der Waals surface area contributed by atoms with Crippen molar-refractivity contribution in [1.29, 1.82) is 0 Å². The Labute approximate surface area is 161 Å². The Morgan fingerprint density at radius 3 is 2.12 bits per heavy atom. The molecule has 0 saturated heterocycles. The summed E-state index contributed by atoms with van der Waals surface area (Å²) in [6, 6.07) is 0. The Hall–Kier alpha value is -0.600. The van der Waals surface area contributed by atoms with E-state index in [1.54, 1.807) is 6.92 Å². The van der Waals surface area contributed by atoms with E-state index in [1.807, 2.05) is 26.8 Å². The number of esters is 1. The molecule has 0 amide bonds. The van der Waals surface area contributed by atoms with E-state index in [0.717, 1.165) is 12.8 Å². The maximum Gasteiger partial charge on any atom is 0.334 e. The van der Waals surface area contributed by atoms with Crippen LogP contribution in [-0.2, 0) is 18.6 Å². The molecule has 0 N–H and O–H groups in total. The quantitative estimate of drug-likeness (QED) is 0.130. The lowest BCUT2D eigenvalue weighted by Gasteiger charge is -2.20. The molecule has 154 valence electrons. The minimum Gasteiger partial charge on any atom is -0.463 e. The second kappa shape index (κ2) is 15.5. The Bertz CT molecular complexity index is 443. The van der Waals surface area contributed by atoms with Gasteiger partial charge in [0.15, 0.2) is 0 Å². The van der Waals surface area contributed by atoms with Crippen LogP contribution in [0.1, 0.15) is 86.0 Å². The molecule has 0 aliphatic heterocycles. The zero-order valence-electron chi connectivity index (χ0n) is 17.7. The fraction of sp³-hybridized carbons (Fsp3) is 0.857. The van der Waals surface area contributed by atoms with Gasteiger partial charge in [-0.05, 0) is 32.6 Å². The third-order valence-electron chi connectivity index (χ3n) is 4.15. The second-order valence-electron chi connectivity index (χ2n) is 7.33. The zero-order valence-corrected chi connectivity index (χ0v) is 18.6. The molecule has 0 aromatic carbocycles. The van der Waals surface area contributed by atoms with Gasteiger partial charge in [0.05, 0.1) is 19.4 Å². The van der Waals surface area contributed by atoms with Gasteiger partial charge in [0.1, 0.15) is 0 Å². The lowest BCUT2D eigenvalue weighted by atomic mass is 10.1. The van der Waals surface area contributed by atoms with Crippen LogP contribution >= 0.6 is 7.37 Å². The summed E-state index contributed by atoms with van der Waals surface area (Å²) in [7, 11) is -2.85. The van der Waals surface area contributed by atoms with Crippen LogP contribution in [-0.4, -0.2) is 31.5 Å². The van der Waals surface area contributed by atoms with Gasteiger partial charge in [-0.2, -0.15) is 0 Å². The van der Waals surface area contributed by atoms with E-state index in [4.69, 9.17) is 9.26 Å². The van der Waals surface area contributed by atoms with Crippen LogP contribution in [0.3, 0.4) is 0 Å². The van der Waals surface area contributed by atoms with Gasteiger partial charge in [0.2, 0.25) is 7.37 Å². The van der Waals surface area contributed by atoms with Crippen LogP contribution in [0.25, 0.3) is 0 Å². The zero-order chi connectivity index (χ0) is 19.8. The van der Waals surface area contributed by atoms with E-state index in [2.05, 4.69) is 6.92 Å². The van der Waals surface area contributed by atoms with Crippen LogP contribution in [0.5, 0.6) is 0 Å². The van der Waals surface area contributed by atoms with Crippen molar-refractivity contribution in [3.63, 3.8) is 0 Å². The molecule has 0 saturated carbocycles. The van der Waals surface area contributed by atoms with Gasteiger partial charge in [-0.1, -0.05) is 65.4 Å². The van der Waals surface area contributed by atoms with E-state index in [9.17, 15) is 9.36 Å². The van der Waals surface area contributed by atoms with Crippen molar-refractivity contribution in [2.75, 3.05) is 25.5 Å². The van der Waals surface area contributed by atoms with E-state index < -0.39 is 7.37 Å². The maximum atomic E-state index is 13.1. The van der Waals surface area contributed by atoms with Crippen molar-refractivity contribution < 1.29 is 18.6 Å². The number of ether oxygens (including phenoxy) is 1. The Morgan fingerprint density at radius 2 is 1.58 bits per heavy atom. The molecule has 0 aliphatic carbocycles. The van der Waals surface area contributed by atoms with E-state index in [0.29, 0.717) is 24.9 Å². The minimum absolute atomic E-state index is 0.189. The molecule has 1 unspecified atom stereocenters. The molecule has 0 fully saturated rings. The fourth-order valence-corrected chi connectivity index (χ4v) is 5.71. The Kier molecular flexibility index (Phi) is 15.1. The highest BCUT2D eigenvalue weighted by atomic mass is 31.2. The number of allylic oxidation sites excluding steroid dienone is 1. The monoisotopic (exact) mass is 388 g/mol. The highest BCUT2D eigenvalue weighted by Crippen LogP contribution is 2.50. The molecule has 0 aromatic rings. The third-order valence-corrected chi connectivity index (χ3v) is 6.99. The van der Waals surface area contributed by atoms with Crippen LogP contribution < -0.4 is 0 Å². The largest absolute Gasteiger partial charge is 0.463 e. The summed E-state index contributed by atoms with van der Waals surface area (Å²) < 4.78 is 23.9. The number of rotatable bonds is 16. The van der Waals surface area contributed by atoms with Gasteiger partial charge in [0.25, 0.3) is 0 Å². The van der Waals surface area contributed by atoms with Crippen LogP contribution in [0.15, 0.2) is 11.6 Å². The molecule has 0 bridgehead atoms. The molecule has 0 radical (unpaired) electrons. The molecule has 0 aromatic heterocycles. The molecule has 0 heterocycles. The summed E-state index contributed by atoms with van der Waals surface area (Å²) in [6.45, 7) is 10.6. The summed E-state index contributed by atoms with van der Waals surface area (Å²) in [6.07, 6.45) is 12.1. The molecular weight excluding hydrogens is 347 g/mol. The highest BCUT2D eigenvalue weighted by molar-refractivity contribution is 7.59. The summed E-state index contributed by atoms with van der Waals surface area (Å²) in [4.78, 5) is 12.3. The average Bonchev–Trinajstić information content (AvgIpc) is 2.55. The normalized spacial score (nSPS) is 14.5. The molecule has 0 aliphatic rings. The number of carbonyl (C=O) groups excluding carboxylic acids is 1. The van der Waals surface area contributed by atoms with Crippen molar-refractivity contribution in [3.8, 4) is 0 Å². The average molecular weight is 389 g/mol. The maximum absolute atomic E-state index is 13.1. The van der Waals surface area contributed by atoms with Crippen LogP contribution in [0.2, 0.25) is 0 Å². The van der Waals surface area contributed by atoms with E-state index >= 15 is 0 Å². The number of unbranched alkanes of at least 4 members (excludes halogenated alkanes) is 7. The first kappa shape index (κ1) is 25.4. The van der Waals surface area contributed by atoms with Crippen molar-refractivity contribution in [2.24, 2.45) is 5.92 Å². The number of hydrogen-bond acceptors (Lipinski definition) is 4. The van der Waals surface area contributed by atoms with Crippen LogP contribution in [0.4, 0.5) is 0 Å². The molecule has 0 spiro atoms. The fourth-order valence-electron chi connectivity index (χ4n) is 3.03. The van der Waals surface area contributed by atoms with Gasteiger partial charge < -0.3 is 9.26 Å². The smallest absolute Gasteiger partial charge is 0.334 e. The first-order valence-corrected chi connectivity index (χ1v) is 12.5. The lowest BCUT2D eigenvalue weighted by molar-refractivity contribution is -0.138.